The van der Waals surface area contributed by atoms with Gasteiger partial charge in [-0.1, -0.05) is 17.0 Å². The Balaban J connectivity index is 2.07. The Hall–Kier alpha value is -2.10. The first-order chi connectivity index (χ1) is 9.61. The molecule has 2 aromatic heterocycles. The summed E-state index contributed by atoms with van der Waals surface area (Å²) in [6, 6.07) is 1.71. The molecule has 0 saturated heterocycles. The van der Waals surface area contributed by atoms with Crippen LogP contribution in [0.4, 0.5) is 5.88 Å². The fourth-order valence-electron chi connectivity index (χ4n) is 1.43. The van der Waals surface area contributed by atoms with E-state index < -0.39 is 0 Å². The summed E-state index contributed by atoms with van der Waals surface area (Å²) in [5, 5.41) is 16.8. The molecule has 5 nitrogen and oxygen atoms in total. The van der Waals surface area contributed by atoms with Crippen LogP contribution in [0, 0.1) is 25.7 Å². The van der Waals surface area contributed by atoms with Gasteiger partial charge >= 0.3 is 0 Å². The van der Waals surface area contributed by atoms with Crippen molar-refractivity contribution in [3.8, 4) is 11.8 Å². The summed E-state index contributed by atoms with van der Waals surface area (Å²) in [6.07, 6.45) is 0.427. The Morgan fingerprint density at radius 1 is 1.55 bits per heavy atom. The number of amides is 1. The molecule has 2 heterocycles. The first-order valence-electron chi connectivity index (χ1n) is 6.04. The Kier molecular flexibility index (Phi) is 4.56. The molecule has 0 radical (unpaired) electrons. The lowest BCUT2D eigenvalue weighted by Crippen LogP contribution is -2.10. The zero-order valence-electron chi connectivity index (χ0n) is 11.2. The fourth-order valence-corrected chi connectivity index (χ4v) is 2.19. The van der Waals surface area contributed by atoms with Crippen LogP contribution in [-0.4, -0.2) is 22.8 Å². The first kappa shape index (κ1) is 14.3. The zero-order valence-corrected chi connectivity index (χ0v) is 12.0. The van der Waals surface area contributed by atoms with Crippen LogP contribution < -0.4 is 5.32 Å². The molecule has 0 spiro atoms. The number of aromatic nitrogens is 1. The van der Waals surface area contributed by atoms with Crippen molar-refractivity contribution in [3.05, 3.63) is 33.1 Å². The van der Waals surface area contributed by atoms with E-state index in [0.29, 0.717) is 17.9 Å². The highest BCUT2D eigenvalue weighted by molar-refractivity contribution is 7.10. The van der Waals surface area contributed by atoms with Crippen LogP contribution in [0.15, 0.2) is 16.0 Å². The van der Waals surface area contributed by atoms with Gasteiger partial charge in [0.2, 0.25) is 5.88 Å². The van der Waals surface area contributed by atoms with E-state index >= 15 is 0 Å². The van der Waals surface area contributed by atoms with E-state index in [9.17, 15) is 4.79 Å². The van der Waals surface area contributed by atoms with Gasteiger partial charge in [-0.25, -0.2) is 0 Å². The Labute approximate surface area is 120 Å². The number of anilines is 1. The van der Waals surface area contributed by atoms with Crippen LogP contribution in [0.3, 0.4) is 0 Å². The van der Waals surface area contributed by atoms with Crippen molar-refractivity contribution >= 4 is 23.1 Å². The van der Waals surface area contributed by atoms with Crippen LogP contribution in [0.25, 0.3) is 0 Å². The van der Waals surface area contributed by atoms with Crippen molar-refractivity contribution in [2.45, 2.75) is 20.3 Å². The van der Waals surface area contributed by atoms with E-state index in [1.54, 1.807) is 11.4 Å². The summed E-state index contributed by atoms with van der Waals surface area (Å²) in [5.74, 6) is 5.82. The molecule has 0 aliphatic rings. The molecule has 20 heavy (non-hydrogen) atoms. The zero-order chi connectivity index (χ0) is 14.5. The van der Waals surface area contributed by atoms with Crippen molar-refractivity contribution in [2.24, 2.45) is 0 Å². The number of rotatable bonds is 3. The summed E-state index contributed by atoms with van der Waals surface area (Å²) in [7, 11) is 0. The van der Waals surface area contributed by atoms with Gasteiger partial charge in [-0.2, -0.15) is 0 Å². The second-order valence-corrected chi connectivity index (χ2v) is 5.06. The van der Waals surface area contributed by atoms with E-state index in [1.807, 2.05) is 13.8 Å². The predicted octanol–water partition coefficient (Wildman–Crippen LogP) is 2.34. The van der Waals surface area contributed by atoms with Crippen molar-refractivity contribution in [2.75, 3.05) is 11.9 Å². The number of aryl methyl sites for hydroxylation is 1. The third-order valence-corrected chi connectivity index (χ3v) is 3.54. The molecular formula is C14H14N2O3S. The molecule has 0 bridgehead atoms. The molecule has 1 amide bonds. The molecule has 0 saturated carbocycles. The van der Waals surface area contributed by atoms with Crippen molar-refractivity contribution in [3.63, 3.8) is 0 Å². The van der Waals surface area contributed by atoms with Crippen LogP contribution in [0.1, 0.15) is 32.9 Å². The van der Waals surface area contributed by atoms with Gasteiger partial charge in [-0.15, -0.1) is 11.3 Å². The average molecular weight is 290 g/mol. The summed E-state index contributed by atoms with van der Waals surface area (Å²) < 4.78 is 5.04. The highest BCUT2D eigenvalue weighted by Gasteiger charge is 2.14. The lowest BCUT2D eigenvalue weighted by molar-refractivity contribution is 0.102. The maximum absolute atomic E-state index is 12.0. The molecule has 0 unspecified atom stereocenters. The molecule has 0 fully saturated rings. The molecule has 2 rings (SSSR count). The first-order valence-corrected chi connectivity index (χ1v) is 6.92. The second-order valence-electron chi connectivity index (χ2n) is 4.15. The largest absolute Gasteiger partial charge is 0.395 e. The fraction of sp³-hybridized carbons (Fsp3) is 0.286. The van der Waals surface area contributed by atoms with Crippen LogP contribution >= 0.6 is 11.3 Å². The maximum atomic E-state index is 12.0. The number of hydrogen-bond donors (Lipinski definition) is 2. The van der Waals surface area contributed by atoms with Gasteiger partial charge in [0.05, 0.1) is 22.7 Å². The van der Waals surface area contributed by atoms with Gasteiger partial charge in [0, 0.05) is 17.4 Å². The van der Waals surface area contributed by atoms with Gasteiger partial charge in [0.1, 0.15) is 0 Å². The third-order valence-electron chi connectivity index (χ3n) is 2.69. The van der Waals surface area contributed by atoms with E-state index in [-0.39, 0.29) is 12.5 Å². The topological polar surface area (TPSA) is 75.4 Å². The minimum atomic E-state index is -0.254. The Morgan fingerprint density at radius 3 is 3.00 bits per heavy atom. The van der Waals surface area contributed by atoms with E-state index in [4.69, 9.17) is 9.63 Å². The average Bonchev–Trinajstić information content (AvgIpc) is 3.01. The molecule has 0 aromatic carbocycles. The monoisotopic (exact) mass is 290 g/mol. The van der Waals surface area contributed by atoms with Gasteiger partial charge < -0.3 is 9.63 Å². The van der Waals surface area contributed by atoms with Gasteiger partial charge in [0.25, 0.3) is 5.91 Å². The van der Waals surface area contributed by atoms with Crippen LogP contribution in [-0.2, 0) is 0 Å². The highest BCUT2D eigenvalue weighted by Crippen LogP contribution is 2.20. The van der Waals surface area contributed by atoms with Gasteiger partial charge in [-0.3, -0.25) is 10.1 Å². The van der Waals surface area contributed by atoms with E-state index in [0.717, 1.165) is 16.1 Å². The quantitative estimate of drug-likeness (QED) is 0.851. The minimum absolute atomic E-state index is 0.0375. The van der Waals surface area contributed by atoms with Gasteiger partial charge in [-0.05, 0) is 19.9 Å². The number of aliphatic hydroxyl groups excluding tert-OH is 1. The lowest BCUT2D eigenvalue weighted by Gasteiger charge is -1.99. The van der Waals surface area contributed by atoms with Crippen molar-refractivity contribution in [1.29, 1.82) is 0 Å². The van der Waals surface area contributed by atoms with Crippen molar-refractivity contribution in [1.82, 2.24) is 5.16 Å². The SMILES string of the molecule is Cc1noc(NC(=O)c2csc(C#CCCO)c2)c1C. The predicted molar refractivity (Wildman–Crippen MR) is 76.8 cm³/mol. The maximum Gasteiger partial charge on any atom is 0.258 e. The number of carbonyl (C=O) groups excluding carboxylic acids is 1. The number of nitrogens with one attached hydrogen (secondary N) is 1. The second kappa shape index (κ2) is 6.37. The van der Waals surface area contributed by atoms with Crippen LogP contribution in [0.2, 0.25) is 0 Å². The Bertz CT molecular complexity index is 676. The molecule has 0 aliphatic carbocycles. The number of thiophene rings is 1. The molecule has 6 heteroatoms. The molecular weight excluding hydrogens is 276 g/mol. The number of nitrogens with zero attached hydrogens (tertiary/aromatic N) is 1. The summed E-state index contributed by atoms with van der Waals surface area (Å²) in [5.41, 5.74) is 2.09. The molecule has 104 valence electrons. The number of carbonyl (C=O) groups is 1. The molecule has 2 aromatic rings. The molecule has 0 aliphatic heterocycles. The smallest absolute Gasteiger partial charge is 0.258 e. The van der Waals surface area contributed by atoms with E-state index in [1.165, 1.54) is 11.3 Å². The number of hydrogen-bond acceptors (Lipinski definition) is 5. The standard InChI is InChI=1S/C14H14N2O3S/c1-9-10(2)16-19-14(9)15-13(18)11-7-12(20-8-11)5-3-4-6-17/h7-8,17H,4,6H2,1-2H3,(H,15,18). The van der Waals surface area contributed by atoms with Gasteiger partial charge in [0.15, 0.2) is 0 Å². The Morgan fingerprint density at radius 2 is 2.35 bits per heavy atom. The normalized spacial score (nSPS) is 9.95. The highest BCUT2D eigenvalue weighted by atomic mass is 32.1. The minimum Gasteiger partial charge on any atom is -0.395 e. The van der Waals surface area contributed by atoms with E-state index in [2.05, 4.69) is 22.3 Å². The van der Waals surface area contributed by atoms with Crippen LogP contribution in [0.5, 0.6) is 0 Å². The summed E-state index contributed by atoms with van der Waals surface area (Å²) in [6.45, 7) is 3.69. The summed E-state index contributed by atoms with van der Waals surface area (Å²) >= 11 is 1.39. The number of aliphatic hydroxyl groups is 1. The molecule has 0 atom stereocenters. The molecule has 2 N–H and O–H groups in total. The third kappa shape index (κ3) is 3.26. The van der Waals surface area contributed by atoms with Crippen molar-refractivity contribution < 1.29 is 14.4 Å². The lowest BCUT2D eigenvalue weighted by atomic mass is 10.2. The summed E-state index contributed by atoms with van der Waals surface area (Å²) in [4.78, 5) is 12.8.